The number of hydrogen-bond donors (Lipinski definition) is 1. The molecule has 0 aliphatic rings. The van der Waals surface area contributed by atoms with Crippen molar-refractivity contribution in [1.29, 1.82) is 0 Å². The summed E-state index contributed by atoms with van der Waals surface area (Å²) in [6, 6.07) is 3.43. The van der Waals surface area contributed by atoms with Crippen LogP contribution in [-0.4, -0.2) is 12.5 Å². The zero-order chi connectivity index (χ0) is 9.68. The van der Waals surface area contributed by atoms with Gasteiger partial charge < -0.3 is 9.73 Å². The Bertz CT molecular complexity index is 302. The largest absolute Gasteiger partial charge is 0.456 e. The van der Waals surface area contributed by atoms with E-state index in [0.29, 0.717) is 12.3 Å². The summed E-state index contributed by atoms with van der Waals surface area (Å²) in [6.07, 6.45) is 2.53. The van der Waals surface area contributed by atoms with Crippen LogP contribution in [0.3, 0.4) is 0 Å². The molecular formula is C10H13NO2. The van der Waals surface area contributed by atoms with Gasteiger partial charge >= 0.3 is 0 Å². The highest BCUT2D eigenvalue weighted by Gasteiger charge is 2.07. The molecule has 0 aromatic carbocycles. The third-order valence-electron chi connectivity index (χ3n) is 1.60. The minimum atomic E-state index is -0.171. The van der Waals surface area contributed by atoms with E-state index in [0.717, 1.165) is 12.2 Å². The van der Waals surface area contributed by atoms with Gasteiger partial charge in [0.1, 0.15) is 5.76 Å². The molecule has 1 N–H and O–H groups in total. The number of hydrogen-bond acceptors (Lipinski definition) is 2. The normalized spacial score (nSPS) is 9.62. The Morgan fingerprint density at radius 1 is 1.69 bits per heavy atom. The number of nitrogens with one attached hydrogen (secondary N) is 1. The second-order valence-electron chi connectivity index (χ2n) is 2.74. The number of furan rings is 1. The number of carbonyl (C=O) groups excluding carboxylic acids is 1. The van der Waals surface area contributed by atoms with Crippen molar-refractivity contribution < 1.29 is 9.21 Å². The van der Waals surface area contributed by atoms with E-state index in [1.54, 1.807) is 25.1 Å². The zero-order valence-electron chi connectivity index (χ0n) is 7.67. The van der Waals surface area contributed by atoms with Gasteiger partial charge in [0, 0.05) is 6.54 Å². The summed E-state index contributed by atoms with van der Waals surface area (Å²) in [5.74, 6) is 0.936. The van der Waals surface area contributed by atoms with E-state index >= 15 is 0 Å². The lowest BCUT2D eigenvalue weighted by molar-refractivity contribution is 0.0925. The third kappa shape index (κ3) is 2.78. The maximum Gasteiger partial charge on any atom is 0.287 e. The molecule has 0 fully saturated rings. The molecule has 1 aromatic heterocycles. The molecule has 0 saturated carbocycles. The summed E-state index contributed by atoms with van der Waals surface area (Å²) in [4.78, 5) is 11.3. The maximum absolute atomic E-state index is 11.3. The van der Waals surface area contributed by atoms with Crippen LogP contribution in [0, 0.1) is 6.92 Å². The number of amides is 1. The van der Waals surface area contributed by atoms with Crippen molar-refractivity contribution in [3.8, 4) is 0 Å². The monoisotopic (exact) mass is 179 g/mol. The Hall–Kier alpha value is -1.51. The lowest BCUT2D eigenvalue weighted by Gasteiger charge is -1.99. The van der Waals surface area contributed by atoms with Crippen molar-refractivity contribution in [2.75, 3.05) is 6.54 Å². The molecule has 0 bridgehead atoms. The Morgan fingerprint density at radius 3 is 3.00 bits per heavy atom. The second kappa shape index (κ2) is 4.50. The van der Waals surface area contributed by atoms with Crippen molar-refractivity contribution in [2.24, 2.45) is 0 Å². The van der Waals surface area contributed by atoms with Gasteiger partial charge in [-0.05, 0) is 25.5 Å². The van der Waals surface area contributed by atoms with Crippen molar-refractivity contribution in [2.45, 2.75) is 13.3 Å². The van der Waals surface area contributed by atoms with Crippen LogP contribution in [0.4, 0.5) is 0 Å². The summed E-state index contributed by atoms with van der Waals surface area (Å²) in [7, 11) is 0. The van der Waals surface area contributed by atoms with E-state index in [-0.39, 0.29) is 5.91 Å². The number of carbonyl (C=O) groups is 1. The molecule has 13 heavy (non-hydrogen) atoms. The van der Waals surface area contributed by atoms with Crippen molar-refractivity contribution in [3.63, 3.8) is 0 Å². The van der Waals surface area contributed by atoms with Crippen LogP contribution in [0.25, 0.3) is 0 Å². The first-order valence-electron chi connectivity index (χ1n) is 4.19. The molecule has 0 atom stereocenters. The first-order chi connectivity index (χ1) is 6.24. The lowest BCUT2D eigenvalue weighted by Crippen LogP contribution is -2.23. The average Bonchev–Trinajstić information content (AvgIpc) is 2.52. The molecule has 1 heterocycles. The van der Waals surface area contributed by atoms with Crippen molar-refractivity contribution in [3.05, 3.63) is 36.3 Å². The van der Waals surface area contributed by atoms with Gasteiger partial charge in [-0.1, -0.05) is 6.08 Å². The highest BCUT2D eigenvalue weighted by Crippen LogP contribution is 2.05. The van der Waals surface area contributed by atoms with E-state index in [2.05, 4.69) is 11.9 Å². The highest BCUT2D eigenvalue weighted by atomic mass is 16.3. The first kappa shape index (κ1) is 9.58. The van der Waals surface area contributed by atoms with Crippen LogP contribution in [-0.2, 0) is 0 Å². The minimum absolute atomic E-state index is 0.171. The summed E-state index contributed by atoms with van der Waals surface area (Å²) < 4.78 is 5.14. The van der Waals surface area contributed by atoms with E-state index in [4.69, 9.17) is 4.42 Å². The van der Waals surface area contributed by atoms with Crippen LogP contribution in [0.1, 0.15) is 22.7 Å². The number of aryl methyl sites for hydroxylation is 1. The topological polar surface area (TPSA) is 42.2 Å². The molecular weight excluding hydrogens is 166 g/mol. The number of rotatable bonds is 4. The van der Waals surface area contributed by atoms with Gasteiger partial charge in [0.05, 0.1) is 0 Å². The molecule has 1 rings (SSSR count). The minimum Gasteiger partial charge on any atom is -0.456 e. The molecule has 1 amide bonds. The molecule has 0 radical (unpaired) electrons. The fraction of sp³-hybridized carbons (Fsp3) is 0.300. The molecule has 0 aliphatic heterocycles. The fourth-order valence-electron chi connectivity index (χ4n) is 0.931. The van der Waals surface area contributed by atoms with Crippen molar-refractivity contribution >= 4 is 5.91 Å². The molecule has 0 aliphatic carbocycles. The average molecular weight is 179 g/mol. The Balaban J connectivity index is 2.44. The van der Waals surface area contributed by atoms with Gasteiger partial charge in [0.25, 0.3) is 5.91 Å². The molecule has 3 nitrogen and oxygen atoms in total. The summed E-state index contributed by atoms with van der Waals surface area (Å²) in [6.45, 7) is 5.97. The lowest BCUT2D eigenvalue weighted by atomic mass is 10.4. The summed E-state index contributed by atoms with van der Waals surface area (Å²) in [5.41, 5.74) is 0. The van der Waals surface area contributed by atoms with E-state index in [1.165, 1.54) is 0 Å². The van der Waals surface area contributed by atoms with Crippen LogP contribution >= 0.6 is 0 Å². The van der Waals surface area contributed by atoms with Crippen LogP contribution in [0.15, 0.2) is 29.2 Å². The Morgan fingerprint density at radius 2 is 2.46 bits per heavy atom. The van der Waals surface area contributed by atoms with Gasteiger partial charge in [-0.3, -0.25) is 4.79 Å². The predicted molar refractivity (Wildman–Crippen MR) is 50.6 cm³/mol. The second-order valence-corrected chi connectivity index (χ2v) is 2.74. The quantitative estimate of drug-likeness (QED) is 0.566. The van der Waals surface area contributed by atoms with Crippen molar-refractivity contribution in [1.82, 2.24) is 5.32 Å². The van der Waals surface area contributed by atoms with Crippen LogP contribution in [0.5, 0.6) is 0 Å². The van der Waals surface area contributed by atoms with E-state index in [1.807, 2.05) is 0 Å². The first-order valence-corrected chi connectivity index (χ1v) is 4.19. The summed E-state index contributed by atoms with van der Waals surface area (Å²) >= 11 is 0. The maximum atomic E-state index is 11.3. The molecule has 1 aromatic rings. The standard InChI is InChI=1S/C10H13NO2/c1-3-4-7-11-10(12)9-6-5-8(2)13-9/h3,5-6H,1,4,7H2,2H3,(H,11,12). The van der Waals surface area contributed by atoms with Crippen LogP contribution < -0.4 is 5.32 Å². The SMILES string of the molecule is C=CCCNC(=O)c1ccc(C)o1. The molecule has 0 saturated heterocycles. The predicted octanol–water partition coefficient (Wildman–Crippen LogP) is 1.89. The van der Waals surface area contributed by atoms with Gasteiger partial charge in [-0.25, -0.2) is 0 Å². The smallest absolute Gasteiger partial charge is 0.287 e. The molecule has 0 spiro atoms. The van der Waals surface area contributed by atoms with Gasteiger partial charge in [-0.2, -0.15) is 0 Å². The Kier molecular flexibility index (Phi) is 3.31. The van der Waals surface area contributed by atoms with E-state index < -0.39 is 0 Å². The summed E-state index contributed by atoms with van der Waals surface area (Å²) in [5, 5.41) is 2.71. The van der Waals surface area contributed by atoms with Crippen LogP contribution in [0.2, 0.25) is 0 Å². The van der Waals surface area contributed by atoms with Gasteiger partial charge in [-0.15, -0.1) is 6.58 Å². The highest BCUT2D eigenvalue weighted by molar-refractivity contribution is 5.91. The molecule has 0 unspecified atom stereocenters. The Labute approximate surface area is 77.4 Å². The van der Waals surface area contributed by atoms with Gasteiger partial charge in [0.2, 0.25) is 0 Å². The molecule has 3 heteroatoms. The fourth-order valence-corrected chi connectivity index (χ4v) is 0.931. The third-order valence-corrected chi connectivity index (χ3v) is 1.60. The van der Waals surface area contributed by atoms with E-state index in [9.17, 15) is 4.79 Å². The van der Waals surface area contributed by atoms with Gasteiger partial charge in [0.15, 0.2) is 5.76 Å². The molecule has 70 valence electrons. The zero-order valence-corrected chi connectivity index (χ0v) is 7.67.